The largest absolute Gasteiger partial charge is 0.451 e. The normalized spacial score (nSPS) is 23.6. The van der Waals surface area contributed by atoms with Crippen LogP contribution in [0.2, 0.25) is 0 Å². The van der Waals surface area contributed by atoms with Gasteiger partial charge in [-0.25, -0.2) is 4.79 Å². The standard InChI is InChI=1S/C27H25Cl2N3O4/c1-16(14-28)22(32-24(29)21(26(32)34)31-25(33)20-13-12-19(20)15-30)27(35)36-23(17-8-4-2-5-9-17)18-10-6-3-7-11-18/h2-11,19-24H,1,12-14H2,(H,31,33). The van der Waals surface area contributed by atoms with Crippen molar-refractivity contribution in [2.24, 2.45) is 11.8 Å². The zero-order chi connectivity index (χ0) is 25.8. The molecule has 186 valence electrons. The number of β-lactam (4-membered cyclic amide) rings is 1. The third-order valence-corrected chi connectivity index (χ3v) is 7.44. The van der Waals surface area contributed by atoms with Crippen LogP contribution < -0.4 is 5.32 Å². The highest BCUT2D eigenvalue weighted by molar-refractivity contribution is 6.27. The van der Waals surface area contributed by atoms with Gasteiger partial charge in [0, 0.05) is 5.88 Å². The second-order valence-electron chi connectivity index (χ2n) is 8.86. The van der Waals surface area contributed by atoms with Gasteiger partial charge in [0.25, 0.3) is 5.91 Å². The Bertz CT molecular complexity index is 1150. The second kappa shape index (κ2) is 11.2. The summed E-state index contributed by atoms with van der Waals surface area (Å²) in [5.74, 6) is -2.59. The lowest BCUT2D eigenvalue weighted by atomic mass is 9.74. The molecule has 1 aliphatic heterocycles. The van der Waals surface area contributed by atoms with E-state index in [-0.39, 0.29) is 23.3 Å². The van der Waals surface area contributed by atoms with Crippen LogP contribution in [0.5, 0.6) is 0 Å². The highest BCUT2D eigenvalue weighted by Gasteiger charge is 2.54. The lowest BCUT2D eigenvalue weighted by Gasteiger charge is -2.48. The number of nitrogens with zero attached hydrogens (tertiary/aromatic N) is 2. The predicted octanol–water partition coefficient (Wildman–Crippen LogP) is 3.92. The van der Waals surface area contributed by atoms with Gasteiger partial charge in [0.2, 0.25) is 5.91 Å². The number of hydrogen-bond acceptors (Lipinski definition) is 5. The van der Waals surface area contributed by atoms with Crippen LogP contribution in [0.3, 0.4) is 0 Å². The SMILES string of the molecule is C=C(CCl)C(C(=O)OC(c1ccccc1)c1ccccc1)N1C(=O)C(NC(=O)C2CCC2C#N)C1Cl. The maximum Gasteiger partial charge on any atom is 0.334 e. The van der Waals surface area contributed by atoms with Crippen molar-refractivity contribution in [3.05, 3.63) is 83.9 Å². The van der Waals surface area contributed by atoms with Crippen molar-refractivity contribution < 1.29 is 19.1 Å². The average Bonchev–Trinajstić information content (AvgIpc) is 2.88. The van der Waals surface area contributed by atoms with E-state index < -0.39 is 41.5 Å². The summed E-state index contributed by atoms with van der Waals surface area (Å²) in [6, 6.07) is 18.3. The van der Waals surface area contributed by atoms with Gasteiger partial charge in [-0.05, 0) is 29.5 Å². The second-order valence-corrected chi connectivity index (χ2v) is 9.57. The Balaban J connectivity index is 1.52. The van der Waals surface area contributed by atoms with Crippen LogP contribution in [0.25, 0.3) is 0 Å². The van der Waals surface area contributed by atoms with Gasteiger partial charge in [-0.3, -0.25) is 9.59 Å². The van der Waals surface area contributed by atoms with Crippen molar-refractivity contribution in [1.29, 1.82) is 5.26 Å². The maximum atomic E-state index is 13.5. The summed E-state index contributed by atoms with van der Waals surface area (Å²) in [5.41, 5.74) is 0.741. The number of carbonyl (C=O) groups excluding carboxylic acids is 3. The monoisotopic (exact) mass is 525 g/mol. The zero-order valence-corrected chi connectivity index (χ0v) is 20.9. The first kappa shape index (κ1) is 25.7. The molecule has 0 aromatic heterocycles. The van der Waals surface area contributed by atoms with E-state index in [1.54, 1.807) is 0 Å². The summed E-state index contributed by atoms with van der Waals surface area (Å²) < 4.78 is 5.94. The third-order valence-electron chi connectivity index (χ3n) is 6.63. The molecule has 2 amide bonds. The van der Waals surface area contributed by atoms with E-state index in [1.165, 1.54) is 0 Å². The molecule has 0 bridgehead atoms. The van der Waals surface area contributed by atoms with Crippen LogP contribution in [0.15, 0.2) is 72.8 Å². The number of ether oxygens (including phenoxy) is 1. The number of halogens is 2. The van der Waals surface area contributed by atoms with Gasteiger partial charge in [0.05, 0.1) is 17.9 Å². The van der Waals surface area contributed by atoms with Crippen molar-refractivity contribution in [2.45, 2.75) is 36.5 Å². The Labute approximate surface area is 219 Å². The predicted molar refractivity (Wildman–Crippen MR) is 135 cm³/mol. The molecule has 5 unspecified atom stereocenters. The van der Waals surface area contributed by atoms with Gasteiger partial charge in [-0.2, -0.15) is 5.26 Å². The van der Waals surface area contributed by atoms with Gasteiger partial charge in [-0.1, -0.05) is 78.8 Å². The zero-order valence-electron chi connectivity index (χ0n) is 19.3. The maximum absolute atomic E-state index is 13.5. The molecule has 1 aliphatic carbocycles. The van der Waals surface area contributed by atoms with E-state index in [0.29, 0.717) is 12.8 Å². The lowest BCUT2D eigenvalue weighted by molar-refractivity contribution is -0.165. The van der Waals surface area contributed by atoms with E-state index in [1.807, 2.05) is 60.7 Å². The highest BCUT2D eigenvalue weighted by Crippen LogP contribution is 2.36. The van der Waals surface area contributed by atoms with Crippen LogP contribution >= 0.6 is 23.2 Å². The number of likely N-dealkylation sites (tertiary alicyclic amines) is 1. The van der Waals surface area contributed by atoms with E-state index in [0.717, 1.165) is 16.0 Å². The molecule has 1 heterocycles. The number of esters is 1. The van der Waals surface area contributed by atoms with Crippen molar-refractivity contribution in [3.63, 3.8) is 0 Å². The summed E-state index contributed by atoms with van der Waals surface area (Å²) in [4.78, 5) is 40.2. The first-order chi connectivity index (χ1) is 17.4. The lowest BCUT2D eigenvalue weighted by Crippen LogP contribution is -2.73. The number of amides is 2. The molecular formula is C27H25Cl2N3O4. The molecule has 2 aliphatic rings. The molecule has 1 saturated heterocycles. The molecule has 1 saturated carbocycles. The average molecular weight is 526 g/mol. The minimum atomic E-state index is -1.23. The molecule has 1 N–H and O–H groups in total. The summed E-state index contributed by atoms with van der Waals surface area (Å²) in [5, 5.41) is 11.7. The number of rotatable bonds is 9. The topological polar surface area (TPSA) is 99.5 Å². The summed E-state index contributed by atoms with van der Waals surface area (Å²) in [7, 11) is 0. The fourth-order valence-corrected chi connectivity index (χ4v) is 4.95. The van der Waals surface area contributed by atoms with E-state index in [9.17, 15) is 14.4 Å². The van der Waals surface area contributed by atoms with Crippen LogP contribution in [0.1, 0.15) is 30.1 Å². The van der Waals surface area contributed by atoms with Gasteiger partial charge in [-0.15, -0.1) is 11.6 Å². The van der Waals surface area contributed by atoms with Gasteiger partial charge in [0.15, 0.2) is 12.1 Å². The van der Waals surface area contributed by atoms with Crippen molar-refractivity contribution in [2.75, 3.05) is 5.88 Å². The first-order valence-electron chi connectivity index (χ1n) is 11.6. The van der Waals surface area contributed by atoms with Crippen LogP contribution in [0, 0.1) is 23.2 Å². The summed E-state index contributed by atoms with van der Waals surface area (Å²) in [6.45, 7) is 3.87. The molecule has 36 heavy (non-hydrogen) atoms. The highest BCUT2D eigenvalue weighted by atomic mass is 35.5. The Kier molecular flexibility index (Phi) is 7.97. The van der Waals surface area contributed by atoms with Crippen molar-refractivity contribution in [3.8, 4) is 6.07 Å². The molecule has 7 nitrogen and oxygen atoms in total. The number of hydrogen-bond donors (Lipinski definition) is 1. The number of alkyl halides is 2. The number of benzene rings is 2. The third kappa shape index (κ3) is 4.97. The number of carbonyl (C=O) groups is 3. The minimum absolute atomic E-state index is 0.0998. The van der Waals surface area contributed by atoms with E-state index in [2.05, 4.69) is 18.0 Å². The molecule has 2 aromatic carbocycles. The number of nitrogens with one attached hydrogen (secondary N) is 1. The Morgan fingerprint density at radius 1 is 1.11 bits per heavy atom. The van der Waals surface area contributed by atoms with Crippen molar-refractivity contribution >= 4 is 41.0 Å². The molecular weight excluding hydrogens is 501 g/mol. The van der Waals surface area contributed by atoms with Gasteiger partial charge in [0.1, 0.15) is 11.5 Å². The van der Waals surface area contributed by atoms with Gasteiger partial charge >= 0.3 is 5.97 Å². The van der Waals surface area contributed by atoms with E-state index >= 15 is 0 Å². The molecule has 5 atom stereocenters. The Morgan fingerprint density at radius 3 is 2.14 bits per heavy atom. The molecule has 4 rings (SSSR count). The van der Waals surface area contributed by atoms with Gasteiger partial charge < -0.3 is 15.0 Å². The summed E-state index contributed by atoms with van der Waals surface area (Å²) >= 11 is 12.5. The molecule has 2 aromatic rings. The number of nitriles is 1. The Morgan fingerprint density at radius 2 is 1.69 bits per heavy atom. The minimum Gasteiger partial charge on any atom is -0.451 e. The first-order valence-corrected chi connectivity index (χ1v) is 12.5. The van der Waals surface area contributed by atoms with Crippen LogP contribution in [0.4, 0.5) is 0 Å². The summed E-state index contributed by atoms with van der Waals surface area (Å²) in [6.07, 6.45) is 0.504. The van der Waals surface area contributed by atoms with Crippen molar-refractivity contribution in [1.82, 2.24) is 10.2 Å². The molecule has 0 spiro atoms. The van der Waals surface area contributed by atoms with E-state index in [4.69, 9.17) is 33.2 Å². The fraction of sp³-hybridized carbons (Fsp3) is 0.333. The quantitative estimate of drug-likeness (QED) is 0.176. The Hall–Kier alpha value is -3.34. The smallest absolute Gasteiger partial charge is 0.334 e. The van der Waals surface area contributed by atoms with Crippen LogP contribution in [-0.2, 0) is 19.1 Å². The van der Waals surface area contributed by atoms with Crippen LogP contribution in [-0.4, -0.2) is 46.1 Å². The fourth-order valence-electron chi connectivity index (χ4n) is 4.42. The molecule has 2 fully saturated rings. The molecule has 9 heteroatoms. The molecule has 0 radical (unpaired) electrons.